The quantitative estimate of drug-likeness (QED) is 0.369. The highest BCUT2D eigenvalue weighted by Gasteiger charge is 2.42. The van der Waals surface area contributed by atoms with E-state index < -0.39 is 0 Å². The minimum atomic E-state index is 0.112. The van der Waals surface area contributed by atoms with E-state index in [1.807, 2.05) is 6.07 Å². The second-order valence-electron chi connectivity index (χ2n) is 9.59. The summed E-state index contributed by atoms with van der Waals surface area (Å²) in [6.07, 6.45) is 4.64. The van der Waals surface area contributed by atoms with Crippen LogP contribution >= 0.6 is 0 Å². The van der Waals surface area contributed by atoms with Crippen LogP contribution in [0.5, 0.6) is 5.75 Å². The number of allylic oxidation sites excluding steroid dienone is 1. The maximum absolute atomic E-state index is 12.5. The highest BCUT2D eigenvalue weighted by Crippen LogP contribution is 2.48. The summed E-state index contributed by atoms with van der Waals surface area (Å²) in [5.74, 6) is 1.70. The molecule has 0 amide bonds. The molecule has 5 nitrogen and oxygen atoms in total. The van der Waals surface area contributed by atoms with Gasteiger partial charge in [0.15, 0.2) is 5.78 Å². The lowest BCUT2D eigenvalue weighted by Crippen LogP contribution is -2.46. The third-order valence-corrected chi connectivity index (χ3v) is 7.86. The van der Waals surface area contributed by atoms with Crippen LogP contribution < -0.4 is 4.74 Å². The molecule has 0 unspecified atom stereocenters. The number of Topliss-reactive ketones (excluding diaryl/α,β-unsaturated/α-hetero) is 1. The van der Waals surface area contributed by atoms with Crippen molar-refractivity contribution in [2.75, 3.05) is 27.3 Å². The smallest absolute Gasteiger partial charge is 0.159 e. The first-order chi connectivity index (χ1) is 16.6. The van der Waals surface area contributed by atoms with Crippen LogP contribution in [0.15, 0.2) is 54.3 Å². The fourth-order valence-electron chi connectivity index (χ4n) is 6.24. The number of hydrogen-bond acceptors (Lipinski definition) is 4. The van der Waals surface area contributed by atoms with Crippen LogP contribution in [-0.2, 0) is 16.0 Å². The van der Waals surface area contributed by atoms with Crippen molar-refractivity contribution in [1.82, 2.24) is 9.88 Å². The van der Waals surface area contributed by atoms with E-state index in [1.54, 1.807) is 27.4 Å². The Morgan fingerprint density at radius 3 is 2.65 bits per heavy atom. The summed E-state index contributed by atoms with van der Waals surface area (Å²) in [5, 5.41) is 1.20. The number of benzene rings is 2. The van der Waals surface area contributed by atoms with E-state index in [4.69, 9.17) is 9.47 Å². The number of carbonyl (C=O) groups excluding carboxylic acids is 1. The van der Waals surface area contributed by atoms with Crippen molar-refractivity contribution >= 4 is 16.7 Å². The number of nitrogens with zero attached hydrogens (tertiary/aromatic N) is 1. The summed E-state index contributed by atoms with van der Waals surface area (Å²) in [6.45, 7) is 5.92. The number of aromatic amines is 1. The van der Waals surface area contributed by atoms with Gasteiger partial charge in [-0.2, -0.15) is 0 Å². The summed E-state index contributed by atoms with van der Waals surface area (Å²) in [4.78, 5) is 18.9. The van der Waals surface area contributed by atoms with Crippen molar-refractivity contribution < 1.29 is 14.3 Å². The largest absolute Gasteiger partial charge is 0.504 e. The first-order valence-electron chi connectivity index (χ1n) is 12.3. The van der Waals surface area contributed by atoms with Gasteiger partial charge in [0.2, 0.25) is 0 Å². The van der Waals surface area contributed by atoms with Gasteiger partial charge in [-0.1, -0.05) is 43.7 Å². The van der Waals surface area contributed by atoms with Crippen LogP contribution in [0.2, 0.25) is 0 Å². The predicted molar refractivity (Wildman–Crippen MR) is 136 cm³/mol. The molecular formula is C29H34N2O3. The second kappa shape index (κ2) is 9.30. The Morgan fingerprint density at radius 1 is 1.18 bits per heavy atom. The van der Waals surface area contributed by atoms with Gasteiger partial charge in [0.25, 0.3) is 0 Å². The molecule has 34 heavy (non-hydrogen) atoms. The lowest BCUT2D eigenvalue weighted by molar-refractivity contribution is -0.114. The first-order valence-corrected chi connectivity index (χ1v) is 12.3. The van der Waals surface area contributed by atoms with E-state index in [0.29, 0.717) is 5.92 Å². The molecule has 0 aliphatic carbocycles. The molecular weight excluding hydrogens is 424 g/mol. The van der Waals surface area contributed by atoms with E-state index in [0.717, 1.165) is 60.3 Å². The Labute approximate surface area is 201 Å². The summed E-state index contributed by atoms with van der Waals surface area (Å²) >= 11 is 0. The van der Waals surface area contributed by atoms with Crippen LogP contribution in [0.25, 0.3) is 22.0 Å². The molecule has 2 aromatic carbocycles. The zero-order valence-electron chi connectivity index (χ0n) is 20.6. The maximum Gasteiger partial charge on any atom is 0.159 e. The predicted octanol–water partition coefficient (Wildman–Crippen LogP) is 5.91. The Hall–Kier alpha value is -3.05. The third-order valence-electron chi connectivity index (χ3n) is 7.86. The summed E-state index contributed by atoms with van der Waals surface area (Å²) in [7, 11) is 3.40. The third kappa shape index (κ3) is 3.72. The van der Waals surface area contributed by atoms with Gasteiger partial charge >= 0.3 is 0 Å². The number of fused-ring (bicyclic) bond motifs is 5. The van der Waals surface area contributed by atoms with Gasteiger partial charge in [-0.05, 0) is 54.9 Å². The minimum absolute atomic E-state index is 0.112. The van der Waals surface area contributed by atoms with Crippen molar-refractivity contribution in [2.45, 2.75) is 39.2 Å². The summed E-state index contributed by atoms with van der Waals surface area (Å²) in [6, 6.07) is 15.0. The number of piperidine rings is 1. The average Bonchev–Trinajstić information content (AvgIpc) is 3.25. The molecule has 1 aromatic heterocycles. The van der Waals surface area contributed by atoms with Gasteiger partial charge in [0, 0.05) is 40.8 Å². The van der Waals surface area contributed by atoms with Gasteiger partial charge in [-0.3, -0.25) is 9.69 Å². The van der Waals surface area contributed by atoms with E-state index >= 15 is 0 Å². The van der Waals surface area contributed by atoms with Crippen molar-refractivity contribution in [3.05, 3.63) is 65.6 Å². The molecule has 5 rings (SSSR count). The molecule has 5 heteroatoms. The Balaban J connectivity index is 1.60. The second-order valence-corrected chi connectivity index (χ2v) is 9.59. The highest BCUT2D eigenvalue weighted by molar-refractivity contribution is 5.97. The number of ketones is 1. The minimum Gasteiger partial charge on any atom is -0.504 e. The fourth-order valence-corrected chi connectivity index (χ4v) is 6.24. The van der Waals surface area contributed by atoms with Gasteiger partial charge in [-0.15, -0.1) is 0 Å². The monoisotopic (exact) mass is 458 g/mol. The number of carbonyl (C=O) groups is 1. The standard InChI is InChI=1S/C29H34N2O3/c1-5-19-16-31-14-13-22-27-25(12-11-21(29(27)34-4)20-9-7-6-8-10-20)30-28(22)26(31)15-23(19)24(17-33-3)18(2)32/h6-12,17,19,23,26,30H,5,13-16H2,1-4H3/b24-17-/t19-,23+,26+/m1/s1. The molecule has 3 atom stereocenters. The molecule has 0 spiro atoms. The number of rotatable bonds is 6. The molecule has 2 aliphatic heterocycles. The number of H-pyrrole nitrogens is 1. The molecule has 0 radical (unpaired) electrons. The van der Waals surface area contributed by atoms with Crippen LogP contribution in [0, 0.1) is 11.8 Å². The highest BCUT2D eigenvalue weighted by atomic mass is 16.5. The fraction of sp³-hybridized carbons (Fsp3) is 0.414. The molecule has 0 saturated carbocycles. The number of nitrogens with one attached hydrogen (secondary N) is 1. The molecule has 1 fully saturated rings. The van der Waals surface area contributed by atoms with Crippen LogP contribution in [0.1, 0.15) is 44.0 Å². The van der Waals surface area contributed by atoms with E-state index in [9.17, 15) is 4.79 Å². The zero-order chi connectivity index (χ0) is 23.8. The maximum atomic E-state index is 12.5. The van der Waals surface area contributed by atoms with Gasteiger partial charge in [-0.25, -0.2) is 0 Å². The first kappa shape index (κ1) is 22.7. The zero-order valence-corrected chi connectivity index (χ0v) is 20.6. The molecule has 3 aromatic rings. The van der Waals surface area contributed by atoms with Crippen LogP contribution in [0.3, 0.4) is 0 Å². The molecule has 1 saturated heterocycles. The van der Waals surface area contributed by atoms with Crippen molar-refractivity contribution in [3.63, 3.8) is 0 Å². The van der Waals surface area contributed by atoms with Crippen molar-refractivity contribution in [3.8, 4) is 16.9 Å². The van der Waals surface area contributed by atoms with Crippen molar-refractivity contribution in [1.29, 1.82) is 0 Å². The molecule has 2 aliphatic rings. The normalized spacial score (nSPS) is 22.8. The van der Waals surface area contributed by atoms with Gasteiger partial charge in [0.05, 0.1) is 26.5 Å². The Bertz CT molecular complexity index is 1230. The number of hydrogen-bond donors (Lipinski definition) is 1. The summed E-state index contributed by atoms with van der Waals surface area (Å²) < 4.78 is 11.4. The Kier molecular flexibility index (Phi) is 6.22. The molecule has 3 heterocycles. The Morgan fingerprint density at radius 2 is 1.97 bits per heavy atom. The SMILES string of the molecule is CC[C@@H]1CN2CCc3c([nH]c4ccc(-c5ccccc5)c(OC)c34)[C@@H]2C[C@@H]1/C(=C\OC)C(C)=O. The topological polar surface area (TPSA) is 54.6 Å². The number of methoxy groups -OCH3 is 2. The lowest BCUT2D eigenvalue weighted by Gasteiger charge is -2.46. The van der Waals surface area contributed by atoms with Gasteiger partial charge in [0.1, 0.15) is 5.75 Å². The van der Waals surface area contributed by atoms with Crippen LogP contribution in [-0.4, -0.2) is 43.0 Å². The van der Waals surface area contributed by atoms with E-state index in [1.165, 1.54) is 16.6 Å². The number of ether oxygens (including phenoxy) is 2. The summed E-state index contributed by atoms with van der Waals surface area (Å²) in [5.41, 5.74) is 6.87. The molecule has 0 bridgehead atoms. The van der Waals surface area contributed by atoms with Gasteiger partial charge < -0.3 is 14.5 Å². The lowest BCUT2D eigenvalue weighted by atomic mass is 9.73. The van der Waals surface area contributed by atoms with Crippen molar-refractivity contribution in [2.24, 2.45) is 11.8 Å². The number of aromatic nitrogens is 1. The average molecular weight is 459 g/mol. The molecule has 178 valence electrons. The van der Waals surface area contributed by atoms with E-state index in [2.05, 4.69) is 53.2 Å². The molecule has 1 N–H and O–H groups in total. The van der Waals surface area contributed by atoms with Crippen LogP contribution in [0.4, 0.5) is 0 Å². The van der Waals surface area contributed by atoms with E-state index in [-0.39, 0.29) is 17.7 Å².